The second-order valence-corrected chi connectivity index (χ2v) is 8.42. The van der Waals surface area contributed by atoms with E-state index in [2.05, 4.69) is 0 Å². The lowest BCUT2D eigenvalue weighted by Gasteiger charge is -2.10. The SMILES string of the molecule is Cc1c(S(=O)(=O)c2ccc(Cl)cc2)c(N)n(Cc2ccc(F)cc2)c1C. The van der Waals surface area contributed by atoms with Gasteiger partial charge in [0.1, 0.15) is 16.5 Å². The smallest absolute Gasteiger partial charge is 0.210 e. The van der Waals surface area contributed by atoms with Crippen LogP contribution in [0.5, 0.6) is 0 Å². The average Bonchev–Trinajstić information content (AvgIpc) is 2.81. The molecular formula is C19H18ClFN2O2S. The van der Waals surface area contributed by atoms with Gasteiger partial charge in [0.15, 0.2) is 0 Å². The highest BCUT2D eigenvalue weighted by atomic mass is 35.5. The number of aromatic nitrogens is 1. The van der Waals surface area contributed by atoms with Gasteiger partial charge < -0.3 is 10.3 Å². The molecule has 0 aliphatic heterocycles. The minimum atomic E-state index is -3.78. The lowest BCUT2D eigenvalue weighted by atomic mass is 10.2. The molecule has 0 saturated heterocycles. The van der Waals surface area contributed by atoms with Crippen molar-refractivity contribution < 1.29 is 12.8 Å². The molecule has 136 valence electrons. The van der Waals surface area contributed by atoms with Crippen molar-refractivity contribution in [2.75, 3.05) is 5.73 Å². The van der Waals surface area contributed by atoms with Crippen molar-refractivity contribution in [1.82, 2.24) is 4.57 Å². The third kappa shape index (κ3) is 3.22. The average molecular weight is 393 g/mol. The Morgan fingerprint density at radius 3 is 2.19 bits per heavy atom. The van der Waals surface area contributed by atoms with E-state index >= 15 is 0 Å². The fourth-order valence-electron chi connectivity index (χ4n) is 2.91. The van der Waals surface area contributed by atoms with Gasteiger partial charge >= 0.3 is 0 Å². The van der Waals surface area contributed by atoms with Crippen molar-refractivity contribution in [3.8, 4) is 0 Å². The molecule has 0 spiro atoms. The predicted molar refractivity (Wildman–Crippen MR) is 101 cm³/mol. The number of nitrogens with two attached hydrogens (primary N) is 1. The highest BCUT2D eigenvalue weighted by molar-refractivity contribution is 7.91. The zero-order chi connectivity index (χ0) is 19.1. The molecular weight excluding hydrogens is 375 g/mol. The lowest BCUT2D eigenvalue weighted by Crippen LogP contribution is -2.09. The maximum Gasteiger partial charge on any atom is 0.210 e. The Morgan fingerprint density at radius 2 is 1.62 bits per heavy atom. The van der Waals surface area contributed by atoms with E-state index in [0.717, 1.165) is 11.3 Å². The van der Waals surface area contributed by atoms with Crippen molar-refractivity contribution in [2.45, 2.75) is 30.2 Å². The molecule has 0 aliphatic carbocycles. The minimum absolute atomic E-state index is 0.0967. The first kappa shape index (κ1) is 18.5. The number of hydrogen-bond acceptors (Lipinski definition) is 3. The van der Waals surface area contributed by atoms with Crippen LogP contribution in [-0.4, -0.2) is 13.0 Å². The van der Waals surface area contributed by atoms with Gasteiger partial charge in [-0.25, -0.2) is 12.8 Å². The second-order valence-electron chi connectivity index (χ2n) is 6.09. The normalized spacial score (nSPS) is 11.7. The number of nitrogens with zero attached hydrogens (tertiary/aromatic N) is 1. The van der Waals surface area contributed by atoms with Crippen LogP contribution < -0.4 is 5.73 Å². The van der Waals surface area contributed by atoms with E-state index in [9.17, 15) is 12.8 Å². The lowest BCUT2D eigenvalue weighted by molar-refractivity contribution is 0.596. The van der Waals surface area contributed by atoms with Crippen LogP contribution in [0.4, 0.5) is 10.2 Å². The summed E-state index contributed by atoms with van der Waals surface area (Å²) in [5, 5.41) is 0.457. The van der Waals surface area contributed by atoms with Crippen LogP contribution in [-0.2, 0) is 16.4 Å². The van der Waals surface area contributed by atoms with Crippen LogP contribution >= 0.6 is 11.6 Å². The number of hydrogen-bond donors (Lipinski definition) is 1. The Morgan fingerprint density at radius 1 is 1.04 bits per heavy atom. The summed E-state index contributed by atoms with van der Waals surface area (Å²) in [6.07, 6.45) is 0. The first-order chi connectivity index (χ1) is 12.2. The van der Waals surface area contributed by atoms with Crippen molar-refractivity contribution in [2.24, 2.45) is 0 Å². The molecule has 1 heterocycles. The molecule has 1 aromatic heterocycles. The molecule has 0 aliphatic rings. The molecule has 7 heteroatoms. The second kappa shape index (κ2) is 6.78. The van der Waals surface area contributed by atoms with Crippen LogP contribution in [0.1, 0.15) is 16.8 Å². The molecule has 0 saturated carbocycles. The summed E-state index contributed by atoms with van der Waals surface area (Å²) in [6, 6.07) is 12.0. The highest BCUT2D eigenvalue weighted by Gasteiger charge is 2.28. The maximum absolute atomic E-state index is 13.1. The number of rotatable bonds is 4. The summed E-state index contributed by atoms with van der Waals surface area (Å²) in [6.45, 7) is 3.90. The molecule has 0 amide bonds. The van der Waals surface area contributed by atoms with Gasteiger partial charge in [0.25, 0.3) is 0 Å². The third-order valence-electron chi connectivity index (χ3n) is 4.46. The van der Waals surface area contributed by atoms with E-state index in [1.54, 1.807) is 23.6 Å². The molecule has 0 atom stereocenters. The van der Waals surface area contributed by atoms with E-state index in [-0.39, 0.29) is 21.4 Å². The van der Waals surface area contributed by atoms with Gasteiger partial charge in [0, 0.05) is 17.3 Å². The first-order valence-corrected chi connectivity index (χ1v) is 9.78. The molecule has 0 bridgehead atoms. The summed E-state index contributed by atoms with van der Waals surface area (Å²) in [5.41, 5.74) is 8.39. The number of nitrogen functional groups attached to an aromatic ring is 1. The van der Waals surface area contributed by atoms with Crippen molar-refractivity contribution in [1.29, 1.82) is 0 Å². The van der Waals surface area contributed by atoms with Crippen LogP contribution in [0.2, 0.25) is 5.02 Å². The zero-order valence-corrected chi connectivity index (χ0v) is 15.9. The summed E-state index contributed by atoms with van der Waals surface area (Å²) in [7, 11) is -3.78. The van der Waals surface area contributed by atoms with Gasteiger partial charge in [-0.1, -0.05) is 23.7 Å². The fraction of sp³-hybridized carbons (Fsp3) is 0.158. The molecule has 3 rings (SSSR count). The topological polar surface area (TPSA) is 65.1 Å². The molecule has 0 fully saturated rings. The number of benzene rings is 2. The Kier molecular flexibility index (Phi) is 4.82. The van der Waals surface area contributed by atoms with E-state index in [1.165, 1.54) is 36.4 Å². The highest BCUT2D eigenvalue weighted by Crippen LogP contribution is 2.34. The standard InChI is InChI=1S/C19H18ClFN2O2S/c1-12-13(2)23(11-14-3-7-16(21)8-4-14)19(22)18(12)26(24,25)17-9-5-15(20)6-10-17/h3-10H,11,22H2,1-2H3. The van der Waals surface area contributed by atoms with Gasteiger partial charge in [-0.05, 0) is 61.4 Å². The van der Waals surface area contributed by atoms with Crippen molar-refractivity contribution in [3.05, 3.63) is 76.2 Å². The Labute approximate surface area is 156 Å². The van der Waals surface area contributed by atoms with Gasteiger partial charge in [-0.3, -0.25) is 0 Å². The van der Waals surface area contributed by atoms with Crippen LogP contribution in [0.25, 0.3) is 0 Å². The van der Waals surface area contributed by atoms with Gasteiger partial charge in [-0.15, -0.1) is 0 Å². The monoisotopic (exact) mass is 392 g/mol. The van der Waals surface area contributed by atoms with E-state index in [0.29, 0.717) is 17.1 Å². The molecule has 0 radical (unpaired) electrons. The summed E-state index contributed by atoms with van der Waals surface area (Å²) < 4.78 is 41.0. The molecule has 2 N–H and O–H groups in total. The van der Waals surface area contributed by atoms with Crippen molar-refractivity contribution >= 4 is 27.3 Å². The Hall–Kier alpha value is -2.31. The van der Waals surface area contributed by atoms with Gasteiger partial charge in [0.2, 0.25) is 9.84 Å². The fourth-order valence-corrected chi connectivity index (χ4v) is 4.70. The van der Waals surface area contributed by atoms with E-state index < -0.39 is 9.84 Å². The maximum atomic E-state index is 13.1. The molecule has 26 heavy (non-hydrogen) atoms. The van der Waals surface area contributed by atoms with Crippen LogP contribution in [0.15, 0.2) is 58.3 Å². The third-order valence-corrected chi connectivity index (χ3v) is 6.66. The zero-order valence-electron chi connectivity index (χ0n) is 14.3. The Balaban J connectivity index is 2.09. The number of sulfone groups is 1. The number of halogens is 2. The number of anilines is 1. The Bertz CT molecular complexity index is 1060. The summed E-state index contributed by atoms with van der Waals surface area (Å²) in [4.78, 5) is 0.232. The predicted octanol–water partition coefficient (Wildman–Crippen LogP) is 4.36. The largest absolute Gasteiger partial charge is 0.384 e. The van der Waals surface area contributed by atoms with Gasteiger partial charge in [-0.2, -0.15) is 0 Å². The summed E-state index contributed by atoms with van der Waals surface area (Å²) in [5.74, 6) is -0.160. The molecule has 3 aromatic rings. The van der Waals surface area contributed by atoms with E-state index in [4.69, 9.17) is 17.3 Å². The molecule has 2 aromatic carbocycles. The van der Waals surface area contributed by atoms with E-state index in [1.807, 2.05) is 6.92 Å². The molecule has 4 nitrogen and oxygen atoms in total. The van der Waals surface area contributed by atoms with Gasteiger partial charge in [0.05, 0.1) is 4.90 Å². The van der Waals surface area contributed by atoms with Crippen LogP contribution in [0.3, 0.4) is 0 Å². The van der Waals surface area contributed by atoms with Crippen molar-refractivity contribution in [3.63, 3.8) is 0 Å². The minimum Gasteiger partial charge on any atom is -0.384 e. The first-order valence-electron chi connectivity index (χ1n) is 7.92. The molecule has 0 unspecified atom stereocenters. The quantitative estimate of drug-likeness (QED) is 0.717. The van der Waals surface area contributed by atoms with Crippen LogP contribution in [0, 0.1) is 19.7 Å². The summed E-state index contributed by atoms with van der Waals surface area (Å²) >= 11 is 5.85.